The number of nitrogens with zero attached hydrogens (tertiary/aromatic N) is 2. The number of aromatic nitrogens is 2. The van der Waals surface area contributed by atoms with Crippen LogP contribution in [0.5, 0.6) is 0 Å². The van der Waals surface area contributed by atoms with Crippen molar-refractivity contribution in [2.24, 2.45) is 0 Å². The standard InChI is InChI=1S/C16H22N2S2.ClHO4/c1-3-7-17(8-4-1)11-13-19-15-16-20-14-12-18-9-5-2-6-10-18;2-1(3,4)5/h1-10H,11-16H2;(H,2,3,4,5)/q+2;/p-1. The molecule has 6 nitrogen and oxygen atoms in total. The fraction of sp³-hybridized carbons (Fsp3) is 0.375. The second-order valence-corrected chi connectivity index (χ2v) is 8.03. The quantitative estimate of drug-likeness (QED) is 0.343. The van der Waals surface area contributed by atoms with E-state index in [-0.39, 0.29) is 0 Å². The molecule has 25 heavy (non-hydrogen) atoms. The smallest absolute Gasteiger partial charge is 0.168 e. The minimum absolute atomic E-state index is 1.11. The average Bonchev–Trinajstić information content (AvgIpc) is 2.58. The van der Waals surface area contributed by atoms with E-state index in [1.165, 1.54) is 23.0 Å². The predicted molar refractivity (Wildman–Crippen MR) is 87.9 cm³/mol. The molecule has 0 N–H and O–H groups in total. The van der Waals surface area contributed by atoms with Gasteiger partial charge in [-0.25, -0.2) is 27.8 Å². The molecule has 0 fully saturated rings. The lowest BCUT2D eigenvalue weighted by Gasteiger charge is -2.17. The van der Waals surface area contributed by atoms with Crippen molar-refractivity contribution in [2.45, 2.75) is 13.1 Å². The van der Waals surface area contributed by atoms with Crippen LogP contribution in [0.25, 0.3) is 0 Å². The van der Waals surface area contributed by atoms with Crippen LogP contribution in [0.3, 0.4) is 0 Å². The van der Waals surface area contributed by atoms with Crippen LogP contribution in [0, 0.1) is 10.2 Å². The summed E-state index contributed by atoms with van der Waals surface area (Å²) in [5, 5.41) is 0. The second kappa shape index (κ2) is 13.3. The van der Waals surface area contributed by atoms with E-state index in [0.717, 1.165) is 13.1 Å². The molecule has 138 valence electrons. The van der Waals surface area contributed by atoms with Crippen LogP contribution in [-0.4, -0.2) is 23.0 Å². The van der Waals surface area contributed by atoms with Gasteiger partial charge in [-0.1, -0.05) is 12.1 Å². The van der Waals surface area contributed by atoms with Crippen LogP contribution in [0.1, 0.15) is 0 Å². The molecule has 0 unspecified atom stereocenters. The molecule has 2 aromatic rings. The minimum atomic E-state index is -4.94. The average molecular weight is 406 g/mol. The van der Waals surface area contributed by atoms with Gasteiger partial charge >= 0.3 is 0 Å². The Morgan fingerprint density at radius 3 is 1.20 bits per heavy atom. The highest BCUT2D eigenvalue weighted by atomic mass is 35.7. The Bertz CT molecular complexity index is 508. The summed E-state index contributed by atoms with van der Waals surface area (Å²) in [6.45, 7) is 2.21. The zero-order valence-electron chi connectivity index (χ0n) is 13.7. The summed E-state index contributed by atoms with van der Waals surface area (Å²) in [6, 6.07) is 12.5. The van der Waals surface area contributed by atoms with Crippen molar-refractivity contribution in [3.8, 4) is 0 Å². The monoisotopic (exact) mass is 405 g/mol. The summed E-state index contributed by atoms with van der Waals surface area (Å²) in [4.78, 5) is 0. The molecule has 0 aliphatic rings. The maximum absolute atomic E-state index is 8.49. The zero-order chi connectivity index (χ0) is 18.4. The van der Waals surface area contributed by atoms with Gasteiger partial charge in [0.2, 0.25) is 0 Å². The Labute approximate surface area is 158 Å². The van der Waals surface area contributed by atoms with Crippen LogP contribution in [0.15, 0.2) is 61.2 Å². The Hall–Kier alpha value is -0.870. The number of hydrogen-bond donors (Lipinski definition) is 0. The molecule has 0 aliphatic heterocycles. The molecule has 0 spiro atoms. The van der Waals surface area contributed by atoms with Crippen molar-refractivity contribution < 1.29 is 38.0 Å². The van der Waals surface area contributed by atoms with Crippen LogP contribution in [0.2, 0.25) is 0 Å². The molecule has 0 saturated heterocycles. The fourth-order valence-electron chi connectivity index (χ4n) is 1.83. The van der Waals surface area contributed by atoms with Crippen molar-refractivity contribution >= 4 is 23.5 Å². The summed E-state index contributed by atoms with van der Waals surface area (Å²) in [7, 11) is -4.94. The molecule has 0 atom stereocenters. The Morgan fingerprint density at radius 2 is 0.880 bits per heavy atom. The first-order valence-corrected chi connectivity index (χ1v) is 11.1. The van der Waals surface area contributed by atoms with Crippen molar-refractivity contribution in [3.05, 3.63) is 61.2 Å². The molecular formula is C16H22ClN2O4S2+. The van der Waals surface area contributed by atoms with E-state index in [2.05, 4.69) is 70.3 Å². The van der Waals surface area contributed by atoms with Crippen LogP contribution in [0.4, 0.5) is 0 Å². The Morgan fingerprint density at radius 1 is 0.560 bits per heavy atom. The highest BCUT2D eigenvalue weighted by molar-refractivity contribution is 8.02. The maximum atomic E-state index is 8.49. The first-order valence-electron chi connectivity index (χ1n) is 7.60. The third kappa shape index (κ3) is 15.1. The van der Waals surface area contributed by atoms with Gasteiger partial charge in [-0.2, -0.15) is 23.5 Å². The normalized spacial score (nSPS) is 10.9. The van der Waals surface area contributed by atoms with Crippen molar-refractivity contribution in [1.82, 2.24) is 0 Å². The number of rotatable bonds is 9. The molecule has 9 heteroatoms. The highest BCUT2D eigenvalue weighted by Gasteiger charge is 2.00. The molecule has 2 aromatic heterocycles. The van der Waals surface area contributed by atoms with Gasteiger partial charge in [0, 0.05) is 35.8 Å². The van der Waals surface area contributed by atoms with E-state index >= 15 is 0 Å². The zero-order valence-corrected chi connectivity index (χ0v) is 16.1. The van der Waals surface area contributed by atoms with Gasteiger partial charge in [0.15, 0.2) is 37.9 Å². The van der Waals surface area contributed by atoms with Gasteiger partial charge in [-0.15, -0.1) is 10.2 Å². The van der Waals surface area contributed by atoms with Crippen molar-refractivity contribution in [3.63, 3.8) is 0 Å². The summed E-state index contributed by atoms with van der Waals surface area (Å²) < 4.78 is 38.5. The highest BCUT2D eigenvalue weighted by Crippen LogP contribution is 2.06. The van der Waals surface area contributed by atoms with E-state index in [9.17, 15) is 0 Å². The van der Waals surface area contributed by atoms with E-state index < -0.39 is 10.2 Å². The van der Waals surface area contributed by atoms with E-state index in [1.54, 1.807) is 0 Å². The molecule has 0 amide bonds. The predicted octanol–water partition coefficient (Wildman–Crippen LogP) is -2.33. The Balaban J connectivity index is 0.000000550. The molecule has 0 aliphatic carbocycles. The number of halogens is 1. The van der Waals surface area contributed by atoms with Gasteiger partial charge < -0.3 is 0 Å². The van der Waals surface area contributed by atoms with E-state index in [1.807, 2.05) is 23.5 Å². The maximum Gasteiger partial charge on any atom is 0.168 e. The first-order chi connectivity index (χ1) is 11.9. The largest absolute Gasteiger partial charge is 0.222 e. The van der Waals surface area contributed by atoms with E-state index in [0.29, 0.717) is 0 Å². The van der Waals surface area contributed by atoms with Gasteiger partial charge in [0.1, 0.15) is 0 Å². The van der Waals surface area contributed by atoms with Crippen molar-refractivity contribution in [2.75, 3.05) is 23.0 Å². The van der Waals surface area contributed by atoms with Crippen molar-refractivity contribution in [1.29, 1.82) is 0 Å². The summed E-state index contributed by atoms with van der Waals surface area (Å²) in [6.07, 6.45) is 8.53. The number of aryl methyl sites for hydroxylation is 2. The van der Waals surface area contributed by atoms with Crippen LogP contribution >= 0.6 is 23.5 Å². The molecule has 2 heterocycles. The first kappa shape index (κ1) is 22.2. The molecule has 0 aromatic carbocycles. The lowest BCUT2D eigenvalue weighted by atomic mass is 10.5. The molecular weight excluding hydrogens is 384 g/mol. The van der Waals surface area contributed by atoms with Gasteiger partial charge in [-0.05, 0) is 0 Å². The van der Waals surface area contributed by atoms with Gasteiger partial charge in [-0.3, -0.25) is 0 Å². The summed E-state index contributed by atoms with van der Waals surface area (Å²) in [5.41, 5.74) is 0. The lowest BCUT2D eigenvalue weighted by molar-refractivity contribution is -2.00. The van der Waals surface area contributed by atoms with Gasteiger partial charge in [0.05, 0.1) is 11.5 Å². The minimum Gasteiger partial charge on any atom is -0.222 e. The molecule has 2 rings (SSSR count). The number of hydrogen-bond acceptors (Lipinski definition) is 6. The molecule has 0 radical (unpaired) electrons. The third-order valence-corrected chi connectivity index (χ3v) is 5.10. The third-order valence-electron chi connectivity index (χ3n) is 2.91. The number of pyridine rings is 2. The second-order valence-electron chi connectivity index (χ2n) is 4.83. The van der Waals surface area contributed by atoms with Gasteiger partial charge in [0.25, 0.3) is 0 Å². The fourth-order valence-corrected chi connectivity index (χ4v) is 3.86. The number of thioether (sulfide) groups is 2. The topological polar surface area (TPSA) is 100 Å². The SMILES string of the molecule is [O-][Cl+3]([O-])([O-])[O-].c1cc[n+](CCSCCSCC[n+]2ccccc2)cc1. The van der Waals surface area contributed by atoms with E-state index in [4.69, 9.17) is 18.6 Å². The van der Waals surface area contributed by atoms with Crippen LogP contribution < -0.4 is 27.8 Å². The summed E-state index contributed by atoms with van der Waals surface area (Å²) in [5.74, 6) is 4.89. The molecule has 0 saturated carbocycles. The van der Waals surface area contributed by atoms with Crippen LogP contribution in [-0.2, 0) is 13.1 Å². The summed E-state index contributed by atoms with van der Waals surface area (Å²) >= 11 is 4.09. The Kier molecular flexibility index (Phi) is 11.8. The lowest BCUT2D eigenvalue weighted by Crippen LogP contribution is -2.68. The molecule has 0 bridgehead atoms.